The topological polar surface area (TPSA) is 63.7 Å². The van der Waals surface area contributed by atoms with E-state index < -0.39 is 17.6 Å². The van der Waals surface area contributed by atoms with Crippen LogP contribution in [-0.2, 0) is 19.1 Å². The summed E-state index contributed by atoms with van der Waals surface area (Å²) in [5.41, 5.74) is -0.587. The van der Waals surface area contributed by atoms with Gasteiger partial charge in [0.15, 0.2) is 5.78 Å². The average Bonchev–Trinajstić information content (AvgIpc) is 2.51. The second-order valence-electron chi connectivity index (χ2n) is 5.58. The first-order valence-electron chi connectivity index (χ1n) is 6.28. The Morgan fingerprint density at radius 2 is 2.00 bits per heavy atom. The fourth-order valence-corrected chi connectivity index (χ4v) is 1.93. The molecule has 102 valence electrons. The van der Waals surface area contributed by atoms with Gasteiger partial charge >= 0.3 is 5.97 Å². The minimum Gasteiger partial charge on any atom is -0.458 e. The van der Waals surface area contributed by atoms with Gasteiger partial charge in [0.2, 0.25) is 5.91 Å². The summed E-state index contributed by atoms with van der Waals surface area (Å²) in [5.74, 6) is -0.832. The molecule has 0 aromatic heterocycles. The second kappa shape index (κ2) is 5.50. The first kappa shape index (κ1) is 14.7. The predicted molar refractivity (Wildman–Crippen MR) is 65.9 cm³/mol. The van der Waals surface area contributed by atoms with E-state index in [0.29, 0.717) is 6.42 Å². The first-order valence-corrected chi connectivity index (χ1v) is 6.28. The highest BCUT2D eigenvalue weighted by atomic mass is 16.6. The molecule has 0 spiro atoms. The van der Waals surface area contributed by atoms with Gasteiger partial charge in [0.25, 0.3) is 0 Å². The predicted octanol–water partition coefficient (Wildman–Crippen LogP) is 1.30. The molecule has 0 radical (unpaired) electrons. The number of esters is 1. The summed E-state index contributed by atoms with van der Waals surface area (Å²) >= 11 is 0. The van der Waals surface area contributed by atoms with Crippen molar-refractivity contribution in [1.29, 1.82) is 0 Å². The highest BCUT2D eigenvalue weighted by molar-refractivity contribution is 6.06. The summed E-state index contributed by atoms with van der Waals surface area (Å²) in [5, 5.41) is 0. The third kappa shape index (κ3) is 3.82. The maximum Gasteiger partial charge on any atom is 0.329 e. The number of likely N-dealkylation sites (tertiary alicyclic amines) is 1. The molecule has 1 rings (SSSR count). The Hall–Kier alpha value is -1.39. The quantitative estimate of drug-likeness (QED) is 0.561. The van der Waals surface area contributed by atoms with Gasteiger partial charge in [-0.2, -0.15) is 0 Å². The van der Waals surface area contributed by atoms with Gasteiger partial charge in [-0.25, -0.2) is 4.79 Å². The Bertz CT molecular complexity index is 356. The number of ketones is 1. The Labute approximate surface area is 107 Å². The van der Waals surface area contributed by atoms with Gasteiger partial charge in [0.1, 0.15) is 11.6 Å². The molecule has 0 bridgehead atoms. The fourth-order valence-electron chi connectivity index (χ4n) is 1.93. The van der Waals surface area contributed by atoms with Crippen molar-refractivity contribution in [3.05, 3.63) is 0 Å². The molecule has 1 fully saturated rings. The third-order valence-corrected chi connectivity index (χ3v) is 2.63. The van der Waals surface area contributed by atoms with E-state index >= 15 is 0 Å². The maximum atomic E-state index is 12.1. The summed E-state index contributed by atoms with van der Waals surface area (Å²) in [4.78, 5) is 36.3. The van der Waals surface area contributed by atoms with Crippen LogP contribution in [0.15, 0.2) is 0 Å². The fraction of sp³-hybridized carbons (Fsp3) is 0.769. The molecule has 5 nitrogen and oxygen atoms in total. The molecule has 1 aliphatic rings. The van der Waals surface area contributed by atoms with Crippen LogP contribution in [0.3, 0.4) is 0 Å². The van der Waals surface area contributed by atoms with Gasteiger partial charge in [-0.05, 0) is 27.2 Å². The lowest BCUT2D eigenvalue weighted by Crippen LogP contribution is -2.45. The van der Waals surface area contributed by atoms with Crippen LogP contribution < -0.4 is 0 Å². The summed E-state index contributed by atoms with van der Waals surface area (Å²) in [7, 11) is 0. The molecule has 1 saturated heterocycles. The SMILES string of the molecule is CCCC(C(=O)OC(C)(C)C)N1CC(=O)CC1=O. The molecule has 5 heteroatoms. The normalized spacial score (nSPS) is 18.1. The van der Waals surface area contributed by atoms with Crippen molar-refractivity contribution in [2.45, 2.75) is 58.6 Å². The molecule has 1 unspecified atom stereocenters. The van der Waals surface area contributed by atoms with Crippen LogP contribution >= 0.6 is 0 Å². The number of hydrogen-bond acceptors (Lipinski definition) is 4. The van der Waals surface area contributed by atoms with E-state index in [0.717, 1.165) is 6.42 Å². The Morgan fingerprint density at radius 3 is 2.39 bits per heavy atom. The number of carbonyl (C=O) groups is 3. The van der Waals surface area contributed by atoms with Gasteiger partial charge in [0.05, 0.1) is 13.0 Å². The van der Waals surface area contributed by atoms with Crippen LogP contribution in [0.25, 0.3) is 0 Å². The second-order valence-corrected chi connectivity index (χ2v) is 5.58. The van der Waals surface area contributed by atoms with Gasteiger partial charge in [-0.15, -0.1) is 0 Å². The zero-order valence-corrected chi connectivity index (χ0v) is 11.5. The molecule has 0 N–H and O–H groups in total. The van der Waals surface area contributed by atoms with Crippen molar-refractivity contribution in [2.75, 3.05) is 6.54 Å². The molecule has 18 heavy (non-hydrogen) atoms. The average molecular weight is 255 g/mol. The maximum absolute atomic E-state index is 12.1. The van der Waals surface area contributed by atoms with E-state index in [4.69, 9.17) is 4.74 Å². The lowest BCUT2D eigenvalue weighted by atomic mass is 10.1. The molecular weight excluding hydrogens is 234 g/mol. The number of hydrogen-bond donors (Lipinski definition) is 0. The first-order chi connectivity index (χ1) is 8.24. The summed E-state index contributed by atoms with van der Waals surface area (Å²) in [6, 6.07) is -0.631. The monoisotopic (exact) mass is 255 g/mol. The Balaban J connectivity index is 2.79. The van der Waals surface area contributed by atoms with Crippen LogP contribution in [0, 0.1) is 0 Å². The van der Waals surface area contributed by atoms with Crippen LogP contribution in [0.4, 0.5) is 0 Å². The van der Waals surface area contributed by atoms with Gasteiger partial charge in [0, 0.05) is 0 Å². The van der Waals surface area contributed by atoms with E-state index in [9.17, 15) is 14.4 Å². The minimum atomic E-state index is -0.631. The van der Waals surface area contributed by atoms with Crippen molar-refractivity contribution in [1.82, 2.24) is 4.90 Å². The number of carbonyl (C=O) groups excluding carboxylic acids is 3. The molecule has 0 aromatic carbocycles. The molecule has 1 amide bonds. The molecule has 0 saturated carbocycles. The Morgan fingerprint density at radius 1 is 1.39 bits per heavy atom. The smallest absolute Gasteiger partial charge is 0.329 e. The van der Waals surface area contributed by atoms with E-state index in [1.165, 1.54) is 4.90 Å². The van der Waals surface area contributed by atoms with Crippen molar-refractivity contribution in [3.8, 4) is 0 Å². The number of amides is 1. The highest BCUT2D eigenvalue weighted by Gasteiger charge is 2.38. The standard InChI is InChI=1S/C13H21NO4/c1-5-6-10(12(17)18-13(2,3)4)14-8-9(15)7-11(14)16/h10H,5-8H2,1-4H3. The van der Waals surface area contributed by atoms with E-state index in [2.05, 4.69) is 0 Å². The van der Waals surface area contributed by atoms with E-state index in [1.54, 1.807) is 20.8 Å². The van der Waals surface area contributed by atoms with Gasteiger partial charge < -0.3 is 9.64 Å². The summed E-state index contributed by atoms with van der Waals surface area (Å²) in [6.45, 7) is 7.31. The van der Waals surface area contributed by atoms with Crippen LogP contribution in [0.2, 0.25) is 0 Å². The lowest BCUT2D eigenvalue weighted by Gasteiger charge is -2.29. The van der Waals surface area contributed by atoms with Crippen LogP contribution in [0.1, 0.15) is 47.0 Å². The number of nitrogens with zero attached hydrogens (tertiary/aromatic N) is 1. The molecular formula is C13H21NO4. The molecule has 0 aromatic rings. The van der Waals surface area contributed by atoms with Crippen molar-refractivity contribution in [3.63, 3.8) is 0 Å². The van der Waals surface area contributed by atoms with Gasteiger partial charge in [-0.3, -0.25) is 9.59 Å². The lowest BCUT2D eigenvalue weighted by molar-refractivity contribution is -0.164. The van der Waals surface area contributed by atoms with Crippen LogP contribution in [-0.4, -0.2) is 40.7 Å². The number of rotatable bonds is 4. The van der Waals surface area contributed by atoms with E-state index in [1.807, 2.05) is 6.92 Å². The summed E-state index contributed by atoms with van der Waals surface area (Å²) < 4.78 is 5.30. The molecule has 1 aliphatic heterocycles. The third-order valence-electron chi connectivity index (χ3n) is 2.63. The Kier molecular flexibility index (Phi) is 4.48. The van der Waals surface area contributed by atoms with E-state index in [-0.39, 0.29) is 24.7 Å². The number of Topliss-reactive ketones (excluding diaryl/α,β-unsaturated/α-hetero) is 1. The molecule has 1 atom stereocenters. The largest absolute Gasteiger partial charge is 0.458 e. The summed E-state index contributed by atoms with van der Waals surface area (Å²) in [6.07, 6.45) is 1.18. The zero-order chi connectivity index (χ0) is 13.9. The van der Waals surface area contributed by atoms with Gasteiger partial charge in [-0.1, -0.05) is 13.3 Å². The zero-order valence-electron chi connectivity index (χ0n) is 11.5. The molecule has 1 heterocycles. The van der Waals surface area contributed by atoms with Crippen molar-refractivity contribution < 1.29 is 19.1 Å². The minimum absolute atomic E-state index is 0.0305. The van der Waals surface area contributed by atoms with Crippen LogP contribution in [0.5, 0.6) is 0 Å². The van der Waals surface area contributed by atoms with Crippen molar-refractivity contribution in [2.24, 2.45) is 0 Å². The molecule has 0 aliphatic carbocycles. The highest BCUT2D eigenvalue weighted by Crippen LogP contribution is 2.19. The number of ether oxygens (including phenoxy) is 1. The van der Waals surface area contributed by atoms with Crippen molar-refractivity contribution >= 4 is 17.7 Å².